The number of piperidine rings is 1. The largest absolute Gasteiger partial charge is 0.359 e. The number of allylic oxidation sites excluding steroid dienone is 6. The highest BCUT2D eigenvalue weighted by Crippen LogP contribution is 2.26. The van der Waals surface area contributed by atoms with Gasteiger partial charge in [-0.05, 0) is 31.8 Å². The summed E-state index contributed by atoms with van der Waals surface area (Å²) in [5.74, 6) is 0. The van der Waals surface area contributed by atoms with Gasteiger partial charge in [-0.25, -0.2) is 0 Å². The van der Waals surface area contributed by atoms with Crippen molar-refractivity contribution in [2.75, 3.05) is 0 Å². The van der Waals surface area contributed by atoms with Crippen LogP contribution in [0, 0.1) is 0 Å². The van der Waals surface area contributed by atoms with Gasteiger partial charge in [0.1, 0.15) is 0 Å². The summed E-state index contributed by atoms with van der Waals surface area (Å²) in [6.45, 7) is 6.12. The molecule has 1 aliphatic heterocycles. The smallest absolute Gasteiger partial charge is 0.0377 e. The summed E-state index contributed by atoms with van der Waals surface area (Å²) in [4.78, 5) is 0. The number of nitrogens with one attached hydrogen (secondary N) is 1. The van der Waals surface area contributed by atoms with E-state index in [4.69, 9.17) is 0 Å². The van der Waals surface area contributed by atoms with Crippen LogP contribution in [-0.2, 0) is 0 Å². The van der Waals surface area contributed by atoms with Crippen molar-refractivity contribution in [3.05, 3.63) is 47.3 Å². The van der Waals surface area contributed by atoms with Gasteiger partial charge in [0.2, 0.25) is 0 Å². The Morgan fingerprint density at radius 2 is 2.15 bits per heavy atom. The molecule has 0 bridgehead atoms. The van der Waals surface area contributed by atoms with Crippen molar-refractivity contribution in [2.24, 2.45) is 0 Å². The van der Waals surface area contributed by atoms with E-state index in [9.17, 15) is 0 Å². The van der Waals surface area contributed by atoms with Crippen LogP contribution >= 0.6 is 0 Å². The summed E-state index contributed by atoms with van der Waals surface area (Å²) in [5.41, 5.74) is 5.21. The lowest BCUT2D eigenvalue weighted by Gasteiger charge is -2.22. The summed E-state index contributed by atoms with van der Waals surface area (Å²) in [5, 5.41) is 3.34. The minimum Gasteiger partial charge on any atom is -0.359 e. The van der Waals surface area contributed by atoms with Crippen molar-refractivity contribution in [3.63, 3.8) is 0 Å². The fraction of sp³-hybridized carbons (Fsp3) is 0.333. The predicted octanol–water partition coefficient (Wildman–Crippen LogP) is 3.04. The van der Waals surface area contributed by atoms with Crippen LogP contribution in [0.15, 0.2) is 47.3 Å². The molecule has 1 fully saturated rings. The monoisotopic (exact) mass is 173 g/mol. The maximum absolute atomic E-state index is 3.96. The fourth-order valence-corrected chi connectivity index (χ4v) is 1.78. The first-order valence-electron chi connectivity index (χ1n) is 4.78. The van der Waals surface area contributed by atoms with Crippen molar-refractivity contribution in [3.8, 4) is 0 Å². The maximum Gasteiger partial charge on any atom is 0.0377 e. The summed E-state index contributed by atoms with van der Waals surface area (Å²) in [6.07, 6.45) is 9.99. The van der Waals surface area contributed by atoms with Gasteiger partial charge in [0.05, 0.1) is 0 Å². The van der Waals surface area contributed by atoms with Crippen molar-refractivity contribution >= 4 is 0 Å². The molecule has 2 rings (SSSR count). The molecule has 1 N–H and O–H groups in total. The molecule has 0 aromatic rings. The Balaban J connectivity index is 2.30. The summed E-state index contributed by atoms with van der Waals surface area (Å²) in [7, 11) is 0. The van der Waals surface area contributed by atoms with E-state index >= 15 is 0 Å². The minimum absolute atomic E-state index is 1.03. The lowest BCUT2D eigenvalue weighted by molar-refractivity contribution is 0.767. The molecule has 1 heteroatoms. The molecule has 0 radical (unpaired) electrons. The Bertz CT molecular complexity index is 329. The first-order chi connectivity index (χ1) is 6.25. The predicted molar refractivity (Wildman–Crippen MR) is 56.0 cm³/mol. The van der Waals surface area contributed by atoms with E-state index in [2.05, 4.69) is 37.0 Å². The molecule has 0 unspecified atom stereocenters. The molecule has 13 heavy (non-hydrogen) atoms. The highest BCUT2D eigenvalue weighted by atomic mass is 14.9. The first kappa shape index (κ1) is 8.36. The number of hydrogen-bond acceptors (Lipinski definition) is 1. The van der Waals surface area contributed by atoms with Crippen molar-refractivity contribution < 1.29 is 0 Å². The lowest BCUT2D eigenvalue weighted by Crippen LogP contribution is -2.19. The zero-order valence-electron chi connectivity index (χ0n) is 8.06. The molecule has 0 spiro atoms. The van der Waals surface area contributed by atoms with Crippen LogP contribution in [0.4, 0.5) is 0 Å². The Labute approximate surface area is 79.5 Å². The second-order valence-corrected chi connectivity index (χ2v) is 3.70. The number of hydrogen-bond donors (Lipinski definition) is 1. The highest BCUT2D eigenvalue weighted by molar-refractivity contribution is 5.42. The molecule has 0 aromatic heterocycles. The topological polar surface area (TPSA) is 12.0 Å². The van der Waals surface area contributed by atoms with Gasteiger partial charge >= 0.3 is 0 Å². The Morgan fingerprint density at radius 1 is 1.31 bits per heavy atom. The lowest BCUT2D eigenvalue weighted by atomic mass is 9.99. The molecule has 2 aliphatic rings. The first-order valence-corrected chi connectivity index (χ1v) is 4.78. The second-order valence-electron chi connectivity index (χ2n) is 3.70. The van der Waals surface area contributed by atoms with E-state index in [0.717, 1.165) is 25.0 Å². The van der Waals surface area contributed by atoms with Crippen molar-refractivity contribution in [1.82, 2.24) is 5.32 Å². The average molecular weight is 173 g/mol. The van der Waals surface area contributed by atoms with E-state index in [1.807, 2.05) is 0 Å². The highest BCUT2D eigenvalue weighted by Gasteiger charge is 2.13. The summed E-state index contributed by atoms with van der Waals surface area (Å²) in [6, 6.07) is 0. The van der Waals surface area contributed by atoms with Crippen LogP contribution in [0.1, 0.15) is 26.2 Å². The van der Waals surface area contributed by atoms with Gasteiger partial charge in [-0.15, -0.1) is 0 Å². The van der Waals surface area contributed by atoms with Crippen molar-refractivity contribution in [2.45, 2.75) is 26.2 Å². The van der Waals surface area contributed by atoms with Crippen LogP contribution in [0.25, 0.3) is 0 Å². The van der Waals surface area contributed by atoms with Gasteiger partial charge in [-0.1, -0.05) is 30.4 Å². The van der Waals surface area contributed by atoms with Gasteiger partial charge in [0.15, 0.2) is 0 Å². The van der Waals surface area contributed by atoms with E-state index in [0.29, 0.717) is 0 Å². The Hall–Kier alpha value is -1.24. The molecule has 68 valence electrons. The van der Waals surface area contributed by atoms with E-state index in [1.165, 1.54) is 16.8 Å². The molecule has 0 saturated carbocycles. The SMILES string of the molecule is C=C1CCC2=CC(C)=CCC=C2N1. The third-order valence-corrected chi connectivity index (χ3v) is 2.52. The van der Waals surface area contributed by atoms with Crippen LogP contribution in [0.2, 0.25) is 0 Å². The maximum atomic E-state index is 3.96. The van der Waals surface area contributed by atoms with Gasteiger partial charge < -0.3 is 5.32 Å². The van der Waals surface area contributed by atoms with Gasteiger partial charge in [0, 0.05) is 11.4 Å². The molecule has 1 saturated heterocycles. The molecule has 0 amide bonds. The summed E-state index contributed by atoms with van der Waals surface area (Å²) >= 11 is 0. The van der Waals surface area contributed by atoms with Crippen LogP contribution in [-0.4, -0.2) is 0 Å². The van der Waals surface area contributed by atoms with Gasteiger partial charge in [0.25, 0.3) is 0 Å². The molecular formula is C12H15N. The minimum atomic E-state index is 1.03. The van der Waals surface area contributed by atoms with Crippen LogP contribution < -0.4 is 5.32 Å². The van der Waals surface area contributed by atoms with E-state index in [-0.39, 0.29) is 0 Å². The van der Waals surface area contributed by atoms with E-state index in [1.54, 1.807) is 0 Å². The van der Waals surface area contributed by atoms with Crippen LogP contribution in [0.3, 0.4) is 0 Å². The Morgan fingerprint density at radius 3 is 3.00 bits per heavy atom. The Kier molecular flexibility index (Phi) is 2.09. The molecule has 0 aromatic carbocycles. The van der Waals surface area contributed by atoms with Gasteiger partial charge in [-0.3, -0.25) is 0 Å². The quantitative estimate of drug-likeness (QED) is 0.593. The molecule has 0 atom stereocenters. The summed E-state index contributed by atoms with van der Waals surface area (Å²) < 4.78 is 0. The number of rotatable bonds is 0. The third-order valence-electron chi connectivity index (χ3n) is 2.52. The normalized spacial score (nSPS) is 21.9. The van der Waals surface area contributed by atoms with E-state index < -0.39 is 0 Å². The third kappa shape index (κ3) is 1.74. The molecule has 1 nitrogen and oxygen atoms in total. The second kappa shape index (κ2) is 3.25. The fourth-order valence-electron chi connectivity index (χ4n) is 1.78. The molecular weight excluding hydrogens is 158 g/mol. The zero-order valence-corrected chi connectivity index (χ0v) is 8.06. The molecule has 1 aliphatic carbocycles. The number of fused-ring (bicyclic) bond motifs is 1. The zero-order chi connectivity index (χ0) is 9.26. The average Bonchev–Trinajstić information content (AvgIpc) is 2.25. The molecule has 1 heterocycles. The van der Waals surface area contributed by atoms with Crippen LogP contribution in [0.5, 0.6) is 0 Å². The van der Waals surface area contributed by atoms with Gasteiger partial charge in [-0.2, -0.15) is 0 Å². The standard InChI is InChI=1S/C12H15N/c1-9-4-3-5-12-11(8-9)7-6-10(2)13-12/h4-5,8,13H,2-3,6-7H2,1H3. The van der Waals surface area contributed by atoms with Crippen molar-refractivity contribution in [1.29, 1.82) is 0 Å².